The third kappa shape index (κ3) is 2.81. The summed E-state index contributed by atoms with van der Waals surface area (Å²) in [5, 5.41) is 0.213. The molecule has 0 aliphatic carbocycles. The first-order valence-corrected chi connectivity index (χ1v) is 10.5. The van der Waals surface area contributed by atoms with Crippen LogP contribution >= 0.6 is 11.6 Å². The average molecular weight is 394 g/mol. The van der Waals surface area contributed by atoms with Crippen LogP contribution in [0.25, 0.3) is 0 Å². The molecule has 7 heteroatoms. The van der Waals surface area contributed by atoms with Gasteiger partial charge in [0.2, 0.25) is 5.91 Å². The molecule has 2 aromatic carbocycles. The van der Waals surface area contributed by atoms with E-state index in [0.717, 1.165) is 0 Å². The lowest BCUT2D eigenvalue weighted by atomic mass is 9.92. The van der Waals surface area contributed by atoms with Crippen LogP contribution in [0, 0.1) is 5.82 Å². The highest BCUT2D eigenvalue weighted by Gasteiger charge is 2.38. The molecule has 136 valence electrons. The predicted molar refractivity (Wildman–Crippen MR) is 97.9 cm³/mol. The molecule has 0 radical (unpaired) electrons. The number of hydrogen-bond acceptors (Lipinski definition) is 3. The Balaban J connectivity index is 1.77. The molecule has 4 rings (SSSR count). The Labute approximate surface area is 156 Å². The summed E-state index contributed by atoms with van der Waals surface area (Å²) in [6.45, 7) is 0.489. The highest BCUT2D eigenvalue weighted by atomic mass is 35.5. The molecule has 2 aliphatic rings. The van der Waals surface area contributed by atoms with Crippen LogP contribution in [0.5, 0.6) is 0 Å². The van der Waals surface area contributed by atoms with Gasteiger partial charge in [-0.2, -0.15) is 0 Å². The van der Waals surface area contributed by atoms with Crippen molar-refractivity contribution in [3.63, 3.8) is 0 Å². The average Bonchev–Trinajstić information content (AvgIpc) is 2.60. The topological polar surface area (TPSA) is 54.5 Å². The van der Waals surface area contributed by atoms with Gasteiger partial charge in [0, 0.05) is 6.54 Å². The van der Waals surface area contributed by atoms with Crippen molar-refractivity contribution in [2.45, 2.75) is 30.1 Å². The van der Waals surface area contributed by atoms with Crippen LogP contribution in [-0.4, -0.2) is 26.6 Å². The lowest BCUT2D eigenvalue weighted by molar-refractivity contribution is -0.120. The molecule has 1 unspecified atom stereocenters. The van der Waals surface area contributed by atoms with Gasteiger partial charge in [-0.05, 0) is 48.6 Å². The van der Waals surface area contributed by atoms with E-state index < -0.39 is 21.6 Å². The lowest BCUT2D eigenvalue weighted by Gasteiger charge is -2.35. The molecule has 1 amide bonds. The van der Waals surface area contributed by atoms with Crippen LogP contribution in [0.15, 0.2) is 41.3 Å². The van der Waals surface area contributed by atoms with Gasteiger partial charge in [0.05, 0.1) is 27.3 Å². The van der Waals surface area contributed by atoms with Crippen LogP contribution in [0.2, 0.25) is 5.02 Å². The Kier molecular flexibility index (Phi) is 4.28. The number of benzene rings is 2. The third-order valence-electron chi connectivity index (χ3n) is 5.07. The Bertz CT molecular complexity index is 1010. The van der Waals surface area contributed by atoms with Gasteiger partial charge < -0.3 is 4.90 Å². The number of carbonyl (C=O) groups is 1. The number of hydrogen-bond donors (Lipinski definition) is 0. The van der Waals surface area contributed by atoms with Gasteiger partial charge in [-0.3, -0.25) is 4.79 Å². The van der Waals surface area contributed by atoms with Gasteiger partial charge in [0.25, 0.3) is 0 Å². The number of fused-ring (bicyclic) bond motifs is 2. The van der Waals surface area contributed by atoms with Crippen molar-refractivity contribution >= 4 is 33.0 Å². The zero-order chi connectivity index (χ0) is 18.5. The first-order valence-electron chi connectivity index (χ1n) is 8.49. The van der Waals surface area contributed by atoms with Crippen LogP contribution in [0.1, 0.15) is 29.9 Å². The van der Waals surface area contributed by atoms with Crippen molar-refractivity contribution in [2.75, 3.05) is 17.2 Å². The molecule has 0 saturated heterocycles. The van der Waals surface area contributed by atoms with E-state index in [1.807, 2.05) is 0 Å². The summed E-state index contributed by atoms with van der Waals surface area (Å²) >= 11 is 6.24. The van der Waals surface area contributed by atoms with Crippen molar-refractivity contribution < 1.29 is 17.6 Å². The maximum absolute atomic E-state index is 13.7. The van der Waals surface area contributed by atoms with Crippen LogP contribution in [0.3, 0.4) is 0 Å². The van der Waals surface area contributed by atoms with Crippen molar-refractivity contribution in [3.05, 3.63) is 58.4 Å². The van der Waals surface area contributed by atoms with Gasteiger partial charge in [0.1, 0.15) is 5.82 Å². The fraction of sp³-hybridized carbons (Fsp3) is 0.316. The minimum atomic E-state index is -3.36. The van der Waals surface area contributed by atoms with E-state index in [1.54, 1.807) is 29.2 Å². The molecular formula is C19H17ClFNO3S. The van der Waals surface area contributed by atoms with Gasteiger partial charge in [-0.25, -0.2) is 12.8 Å². The summed E-state index contributed by atoms with van der Waals surface area (Å²) in [4.78, 5) is 15.1. The van der Waals surface area contributed by atoms with Crippen LogP contribution in [0.4, 0.5) is 10.1 Å². The van der Waals surface area contributed by atoms with Gasteiger partial charge in [-0.15, -0.1) is 0 Å². The largest absolute Gasteiger partial charge is 0.310 e. The normalized spacial score (nSPS) is 21.0. The number of aryl methyl sites for hydroxylation is 1. The summed E-state index contributed by atoms with van der Waals surface area (Å²) in [5.41, 5.74) is 1.80. The van der Waals surface area contributed by atoms with Crippen molar-refractivity contribution in [2.24, 2.45) is 0 Å². The maximum Gasteiger partial charge on any atom is 0.234 e. The third-order valence-corrected chi connectivity index (χ3v) is 7.18. The standard InChI is InChI=1S/C19H17ClFNO3S/c20-16-11-13(21)10-12-4-3-8-22(18(12)16)19(23)15-7-9-26(24,25)17-6-2-1-5-14(15)17/h1-2,5-6,10-11,15H,3-4,7-9H2. The van der Waals surface area contributed by atoms with Crippen LogP contribution in [-0.2, 0) is 21.1 Å². The fourth-order valence-electron chi connectivity index (χ4n) is 3.91. The van der Waals surface area contributed by atoms with E-state index in [1.165, 1.54) is 12.1 Å². The number of anilines is 1. The molecule has 1 atom stereocenters. The maximum atomic E-state index is 13.7. The summed E-state index contributed by atoms with van der Waals surface area (Å²) in [5.74, 6) is -1.20. The van der Waals surface area contributed by atoms with Gasteiger partial charge in [-0.1, -0.05) is 29.8 Å². The fourth-order valence-corrected chi connectivity index (χ4v) is 5.86. The molecule has 0 spiro atoms. The van der Waals surface area contributed by atoms with Crippen molar-refractivity contribution in [3.8, 4) is 0 Å². The number of amides is 1. The zero-order valence-electron chi connectivity index (χ0n) is 13.9. The number of sulfone groups is 1. The first kappa shape index (κ1) is 17.5. The van der Waals surface area contributed by atoms with E-state index in [4.69, 9.17) is 11.6 Å². The summed E-state index contributed by atoms with van der Waals surface area (Å²) in [7, 11) is -3.36. The van der Waals surface area contributed by atoms with Gasteiger partial charge in [0.15, 0.2) is 9.84 Å². The molecule has 0 aromatic heterocycles. The van der Waals surface area contributed by atoms with Crippen molar-refractivity contribution in [1.82, 2.24) is 0 Å². The molecule has 2 heterocycles. The van der Waals surface area contributed by atoms with Gasteiger partial charge >= 0.3 is 0 Å². The summed E-state index contributed by atoms with van der Waals surface area (Å²) in [6, 6.07) is 9.29. The van der Waals surface area contributed by atoms with E-state index in [-0.39, 0.29) is 28.0 Å². The molecule has 0 N–H and O–H groups in total. The predicted octanol–water partition coefficient (Wildman–Crippen LogP) is 3.72. The molecule has 2 aromatic rings. The summed E-state index contributed by atoms with van der Waals surface area (Å²) < 4.78 is 38.3. The minimum absolute atomic E-state index is 0.0573. The Morgan fingerprint density at radius 1 is 1.23 bits per heavy atom. The molecule has 26 heavy (non-hydrogen) atoms. The van der Waals surface area contributed by atoms with Crippen molar-refractivity contribution in [1.29, 1.82) is 0 Å². The Morgan fingerprint density at radius 2 is 2.00 bits per heavy atom. The number of carbonyl (C=O) groups excluding carboxylic acids is 1. The highest BCUT2D eigenvalue weighted by molar-refractivity contribution is 7.91. The second-order valence-corrected chi connectivity index (χ2v) is 9.17. The van der Waals surface area contributed by atoms with E-state index in [9.17, 15) is 17.6 Å². The molecular weight excluding hydrogens is 377 g/mol. The molecule has 0 fully saturated rings. The quantitative estimate of drug-likeness (QED) is 0.742. The minimum Gasteiger partial charge on any atom is -0.310 e. The zero-order valence-corrected chi connectivity index (χ0v) is 15.5. The first-order chi connectivity index (χ1) is 12.4. The second kappa shape index (κ2) is 6.35. The highest BCUT2D eigenvalue weighted by Crippen LogP contribution is 2.40. The Hall–Kier alpha value is -1.92. The number of rotatable bonds is 1. The lowest BCUT2D eigenvalue weighted by Crippen LogP contribution is -2.41. The van der Waals surface area contributed by atoms with E-state index >= 15 is 0 Å². The molecule has 0 saturated carbocycles. The monoisotopic (exact) mass is 393 g/mol. The van der Waals surface area contributed by atoms with E-state index in [0.29, 0.717) is 36.2 Å². The number of nitrogens with zero attached hydrogens (tertiary/aromatic N) is 1. The molecule has 4 nitrogen and oxygen atoms in total. The SMILES string of the molecule is O=C(C1CCS(=O)(=O)c2ccccc21)N1CCCc2cc(F)cc(Cl)c21. The number of halogens is 2. The van der Waals surface area contributed by atoms with E-state index in [2.05, 4.69) is 0 Å². The summed E-state index contributed by atoms with van der Waals surface area (Å²) in [6.07, 6.45) is 1.61. The molecule has 0 bridgehead atoms. The second-order valence-electron chi connectivity index (χ2n) is 6.69. The molecule has 2 aliphatic heterocycles. The Morgan fingerprint density at radius 3 is 2.81 bits per heavy atom. The smallest absolute Gasteiger partial charge is 0.234 e. The van der Waals surface area contributed by atoms with Crippen LogP contribution < -0.4 is 4.90 Å².